The van der Waals surface area contributed by atoms with Crippen molar-refractivity contribution in [1.82, 2.24) is 10.3 Å². The van der Waals surface area contributed by atoms with Crippen LogP contribution in [-0.2, 0) is 17.5 Å². The van der Waals surface area contributed by atoms with E-state index >= 15 is 0 Å². The Hall–Kier alpha value is -3.35. The summed E-state index contributed by atoms with van der Waals surface area (Å²) in [6, 6.07) is 11.5. The van der Waals surface area contributed by atoms with Crippen LogP contribution in [0.25, 0.3) is 10.9 Å². The van der Waals surface area contributed by atoms with Gasteiger partial charge in [0.15, 0.2) is 0 Å². The zero-order valence-electron chi connectivity index (χ0n) is 14.1. The van der Waals surface area contributed by atoms with Crippen LogP contribution < -0.4 is 10.1 Å². The van der Waals surface area contributed by atoms with Crippen LogP contribution in [-0.4, -0.2) is 10.9 Å². The normalized spacial score (nSPS) is 11.2. The second-order valence-corrected chi connectivity index (χ2v) is 5.70. The van der Waals surface area contributed by atoms with E-state index in [4.69, 9.17) is 4.74 Å². The Bertz CT molecular complexity index is 983. The Morgan fingerprint density at radius 3 is 2.56 bits per heavy atom. The maximum absolute atomic E-state index is 12.7. The van der Waals surface area contributed by atoms with Gasteiger partial charge in [-0.2, -0.15) is 13.2 Å². The molecular weight excluding hydrogens is 357 g/mol. The van der Waals surface area contributed by atoms with Crippen molar-refractivity contribution in [1.29, 1.82) is 0 Å². The molecule has 3 aromatic rings. The van der Waals surface area contributed by atoms with Crippen LogP contribution in [0.15, 0.2) is 67.4 Å². The lowest BCUT2D eigenvalue weighted by molar-refractivity contribution is -0.137. The molecule has 2 aromatic carbocycles. The standard InChI is InChI=1S/C20H15F3N2O2/c1-2-18(26)25-12-14-11-17(10-13-4-3-9-24-19(13)14)27-16-7-5-15(6-8-16)20(21,22)23/h2-11H,1,12H2,(H,25,26). The highest BCUT2D eigenvalue weighted by Gasteiger charge is 2.30. The first-order valence-corrected chi connectivity index (χ1v) is 8.00. The molecule has 138 valence electrons. The monoisotopic (exact) mass is 372 g/mol. The number of ether oxygens (including phenoxy) is 1. The molecule has 3 rings (SSSR count). The fourth-order valence-corrected chi connectivity index (χ4v) is 2.53. The number of nitrogens with one attached hydrogen (secondary N) is 1. The Morgan fingerprint density at radius 1 is 1.15 bits per heavy atom. The minimum absolute atomic E-state index is 0.211. The van der Waals surface area contributed by atoms with E-state index in [0.29, 0.717) is 16.8 Å². The fraction of sp³-hybridized carbons (Fsp3) is 0.100. The average Bonchev–Trinajstić information content (AvgIpc) is 2.65. The number of carbonyl (C=O) groups excluding carboxylic acids is 1. The van der Waals surface area contributed by atoms with E-state index in [0.717, 1.165) is 23.6 Å². The van der Waals surface area contributed by atoms with E-state index in [2.05, 4.69) is 16.9 Å². The van der Waals surface area contributed by atoms with Crippen LogP contribution >= 0.6 is 0 Å². The molecule has 0 aliphatic carbocycles. The molecule has 0 aliphatic heterocycles. The first-order valence-electron chi connectivity index (χ1n) is 8.00. The maximum Gasteiger partial charge on any atom is 0.416 e. The van der Waals surface area contributed by atoms with Gasteiger partial charge in [-0.15, -0.1) is 0 Å². The zero-order valence-corrected chi connectivity index (χ0v) is 14.1. The van der Waals surface area contributed by atoms with Crippen molar-refractivity contribution in [2.45, 2.75) is 12.7 Å². The molecular formula is C20H15F3N2O2. The van der Waals surface area contributed by atoms with Gasteiger partial charge in [-0.25, -0.2) is 0 Å². The van der Waals surface area contributed by atoms with Crippen LogP contribution in [0, 0.1) is 0 Å². The SMILES string of the molecule is C=CC(=O)NCc1cc(Oc2ccc(C(F)(F)F)cc2)cc2cccnc12. The molecule has 0 aliphatic rings. The number of nitrogens with zero attached hydrogens (tertiary/aromatic N) is 1. The molecule has 1 amide bonds. The average molecular weight is 372 g/mol. The summed E-state index contributed by atoms with van der Waals surface area (Å²) in [5.41, 5.74) is 0.664. The summed E-state index contributed by atoms with van der Waals surface area (Å²) in [5, 5.41) is 3.46. The summed E-state index contributed by atoms with van der Waals surface area (Å²) in [7, 11) is 0. The molecule has 0 saturated heterocycles. The summed E-state index contributed by atoms with van der Waals surface area (Å²) in [4.78, 5) is 15.8. The molecule has 1 N–H and O–H groups in total. The minimum atomic E-state index is -4.40. The van der Waals surface area contributed by atoms with Gasteiger partial charge in [0.05, 0.1) is 11.1 Å². The number of halogens is 3. The highest BCUT2D eigenvalue weighted by atomic mass is 19.4. The van der Waals surface area contributed by atoms with Crippen LogP contribution in [0.3, 0.4) is 0 Å². The van der Waals surface area contributed by atoms with Crippen molar-refractivity contribution >= 4 is 16.8 Å². The van der Waals surface area contributed by atoms with Crippen molar-refractivity contribution in [2.75, 3.05) is 0 Å². The molecule has 4 nitrogen and oxygen atoms in total. The molecule has 0 spiro atoms. The Balaban J connectivity index is 1.90. The van der Waals surface area contributed by atoms with Crippen molar-refractivity contribution < 1.29 is 22.7 Å². The lowest BCUT2D eigenvalue weighted by atomic mass is 10.1. The van der Waals surface area contributed by atoms with Gasteiger partial charge in [0.2, 0.25) is 5.91 Å². The molecule has 0 unspecified atom stereocenters. The lowest BCUT2D eigenvalue weighted by Crippen LogP contribution is -2.20. The van der Waals surface area contributed by atoms with E-state index in [1.807, 2.05) is 6.07 Å². The second-order valence-electron chi connectivity index (χ2n) is 5.70. The Labute approximate surface area is 153 Å². The summed E-state index contributed by atoms with van der Waals surface area (Å²) >= 11 is 0. The Morgan fingerprint density at radius 2 is 1.89 bits per heavy atom. The minimum Gasteiger partial charge on any atom is -0.457 e. The molecule has 0 atom stereocenters. The van der Waals surface area contributed by atoms with Gasteiger partial charge in [-0.05, 0) is 48.5 Å². The number of carbonyl (C=O) groups is 1. The summed E-state index contributed by atoms with van der Waals surface area (Å²) < 4.78 is 43.7. The van der Waals surface area contributed by atoms with Crippen molar-refractivity contribution in [3.63, 3.8) is 0 Å². The quantitative estimate of drug-likeness (QED) is 0.652. The highest BCUT2D eigenvalue weighted by molar-refractivity contribution is 5.88. The number of aromatic nitrogens is 1. The topological polar surface area (TPSA) is 51.2 Å². The van der Waals surface area contributed by atoms with Gasteiger partial charge in [0.25, 0.3) is 0 Å². The number of fused-ring (bicyclic) bond motifs is 1. The van der Waals surface area contributed by atoms with Gasteiger partial charge >= 0.3 is 6.18 Å². The number of hydrogen-bond donors (Lipinski definition) is 1. The van der Waals surface area contributed by atoms with Gasteiger partial charge in [0, 0.05) is 23.7 Å². The molecule has 7 heteroatoms. The van der Waals surface area contributed by atoms with Crippen LogP contribution in [0.4, 0.5) is 13.2 Å². The number of amides is 1. The number of alkyl halides is 3. The molecule has 1 heterocycles. The summed E-state index contributed by atoms with van der Waals surface area (Å²) in [5.74, 6) is 0.374. The van der Waals surface area contributed by atoms with Crippen LogP contribution in [0.1, 0.15) is 11.1 Å². The van der Waals surface area contributed by atoms with Gasteiger partial charge in [-0.3, -0.25) is 9.78 Å². The second kappa shape index (κ2) is 7.49. The van der Waals surface area contributed by atoms with Gasteiger partial charge in [0.1, 0.15) is 11.5 Å². The van der Waals surface area contributed by atoms with Gasteiger partial charge < -0.3 is 10.1 Å². The first-order chi connectivity index (χ1) is 12.9. The predicted molar refractivity (Wildman–Crippen MR) is 95.3 cm³/mol. The number of pyridine rings is 1. The van der Waals surface area contributed by atoms with Crippen LogP contribution in [0.5, 0.6) is 11.5 Å². The molecule has 0 radical (unpaired) electrons. The van der Waals surface area contributed by atoms with Crippen molar-refractivity contribution in [2.24, 2.45) is 0 Å². The van der Waals surface area contributed by atoms with Crippen molar-refractivity contribution in [3.8, 4) is 11.5 Å². The summed E-state index contributed by atoms with van der Waals surface area (Å²) in [6.45, 7) is 3.61. The maximum atomic E-state index is 12.7. The number of benzene rings is 2. The van der Waals surface area contributed by atoms with E-state index in [-0.39, 0.29) is 18.2 Å². The Kier molecular flexibility index (Phi) is 5.12. The van der Waals surface area contributed by atoms with E-state index in [1.54, 1.807) is 24.4 Å². The van der Waals surface area contributed by atoms with E-state index in [1.165, 1.54) is 12.1 Å². The van der Waals surface area contributed by atoms with Crippen molar-refractivity contribution in [3.05, 3.63) is 78.5 Å². The van der Waals surface area contributed by atoms with Crippen LogP contribution in [0.2, 0.25) is 0 Å². The molecule has 27 heavy (non-hydrogen) atoms. The highest BCUT2D eigenvalue weighted by Crippen LogP contribution is 2.32. The molecule has 0 fully saturated rings. The van der Waals surface area contributed by atoms with E-state index < -0.39 is 11.7 Å². The number of rotatable bonds is 5. The first kappa shape index (κ1) is 18.4. The smallest absolute Gasteiger partial charge is 0.416 e. The largest absolute Gasteiger partial charge is 0.457 e. The third kappa shape index (κ3) is 4.44. The molecule has 0 saturated carbocycles. The van der Waals surface area contributed by atoms with Gasteiger partial charge in [-0.1, -0.05) is 12.6 Å². The molecule has 1 aromatic heterocycles. The fourth-order valence-electron chi connectivity index (χ4n) is 2.53. The third-order valence-corrected chi connectivity index (χ3v) is 3.81. The predicted octanol–water partition coefficient (Wildman–Crippen LogP) is 4.85. The molecule has 0 bridgehead atoms. The number of hydrogen-bond acceptors (Lipinski definition) is 3. The zero-order chi connectivity index (χ0) is 19.4. The summed E-state index contributed by atoms with van der Waals surface area (Å²) in [6.07, 6.45) is -1.60. The lowest BCUT2D eigenvalue weighted by Gasteiger charge is -2.12. The third-order valence-electron chi connectivity index (χ3n) is 3.81. The van der Waals surface area contributed by atoms with E-state index in [9.17, 15) is 18.0 Å².